The molecular weight excluding hydrogens is 584 g/mol. The summed E-state index contributed by atoms with van der Waals surface area (Å²) >= 11 is 0. The zero-order chi connectivity index (χ0) is 31.6. The molecule has 1 saturated heterocycles. The van der Waals surface area contributed by atoms with E-state index in [4.69, 9.17) is 23.7 Å². The van der Waals surface area contributed by atoms with Crippen molar-refractivity contribution >= 4 is 23.9 Å². The van der Waals surface area contributed by atoms with E-state index < -0.39 is 61.2 Å². The first-order valence-electron chi connectivity index (χ1n) is 13.9. The lowest BCUT2D eigenvalue weighted by Crippen LogP contribution is -2.63. The van der Waals surface area contributed by atoms with Crippen LogP contribution in [-0.2, 0) is 28.6 Å². The second-order valence-electron chi connectivity index (χ2n) is 9.82. The maximum atomic E-state index is 13.3. The van der Waals surface area contributed by atoms with Crippen LogP contribution in [0.5, 0.6) is 0 Å². The highest BCUT2D eigenvalue weighted by molar-refractivity contribution is 5.91. The lowest BCUT2D eigenvalue weighted by Gasteiger charge is -2.43. The van der Waals surface area contributed by atoms with Crippen molar-refractivity contribution in [3.05, 3.63) is 144 Å². The van der Waals surface area contributed by atoms with Crippen LogP contribution >= 0.6 is 0 Å². The Labute approximate surface area is 257 Å². The van der Waals surface area contributed by atoms with E-state index in [1.165, 1.54) is 36.4 Å². The lowest BCUT2D eigenvalue weighted by molar-refractivity contribution is -0.402. The van der Waals surface area contributed by atoms with Gasteiger partial charge < -0.3 is 23.7 Å². The standard InChI is InChI=1S/C34H28O11/c35-30(22-13-5-1-6-14-22)40-21-26-27(42-31(36)23-15-7-2-8-16-23)28(43-32(37)24-17-9-3-10-18-24)29(34(41-26)45-39)44-33(38)25-19-11-4-12-20-25/h1-20,26-29,34,39H,21H2. The number of carbonyl (C=O) groups is 4. The number of hydrogen-bond acceptors (Lipinski definition) is 11. The van der Waals surface area contributed by atoms with E-state index in [1.807, 2.05) is 0 Å². The third-order valence-corrected chi connectivity index (χ3v) is 6.84. The first-order valence-corrected chi connectivity index (χ1v) is 13.9. The Morgan fingerprint density at radius 2 is 0.867 bits per heavy atom. The Kier molecular flexibility index (Phi) is 10.3. The first kappa shape index (κ1) is 31.1. The molecule has 11 nitrogen and oxygen atoms in total. The molecule has 0 saturated carbocycles. The van der Waals surface area contributed by atoms with Crippen LogP contribution in [0.15, 0.2) is 121 Å². The highest BCUT2D eigenvalue weighted by Gasteiger charge is 2.54. The van der Waals surface area contributed by atoms with Gasteiger partial charge in [0.25, 0.3) is 0 Å². The summed E-state index contributed by atoms with van der Waals surface area (Å²) in [5.74, 6) is -3.28. The van der Waals surface area contributed by atoms with Crippen molar-refractivity contribution in [3.63, 3.8) is 0 Å². The second-order valence-corrected chi connectivity index (χ2v) is 9.82. The Morgan fingerprint density at radius 3 is 1.27 bits per heavy atom. The molecule has 11 heteroatoms. The molecule has 230 valence electrons. The average molecular weight is 613 g/mol. The Balaban J connectivity index is 1.50. The van der Waals surface area contributed by atoms with E-state index in [-0.39, 0.29) is 22.3 Å². The number of carbonyl (C=O) groups excluding carboxylic acids is 4. The normalized spacial score (nSPS) is 20.8. The van der Waals surface area contributed by atoms with E-state index in [0.717, 1.165) is 0 Å². The molecule has 5 atom stereocenters. The van der Waals surface area contributed by atoms with Crippen molar-refractivity contribution in [2.75, 3.05) is 6.61 Å². The van der Waals surface area contributed by atoms with E-state index in [9.17, 15) is 24.4 Å². The lowest BCUT2D eigenvalue weighted by atomic mass is 9.97. The molecule has 4 aromatic carbocycles. The fourth-order valence-electron chi connectivity index (χ4n) is 4.61. The fraction of sp³-hybridized carbons (Fsp3) is 0.176. The zero-order valence-corrected chi connectivity index (χ0v) is 23.7. The average Bonchev–Trinajstić information content (AvgIpc) is 3.10. The van der Waals surface area contributed by atoms with Crippen LogP contribution < -0.4 is 0 Å². The minimum absolute atomic E-state index is 0.138. The van der Waals surface area contributed by atoms with Gasteiger partial charge in [-0.2, -0.15) is 0 Å². The Bertz CT molecular complexity index is 1580. The van der Waals surface area contributed by atoms with Gasteiger partial charge in [-0.25, -0.2) is 29.3 Å². The van der Waals surface area contributed by atoms with Gasteiger partial charge in [0, 0.05) is 0 Å². The third kappa shape index (κ3) is 7.78. The highest BCUT2D eigenvalue weighted by atomic mass is 17.1. The summed E-state index contributed by atoms with van der Waals surface area (Å²) in [6, 6.07) is 31.9. The van der Waals surface area contributed by atoms with E-state index in [2.05, 4.69) is 4.89 Å². The molecule has 0 radical (unpaired) electrons. The molecule has 1 heterocycles. The maximum absolute atomic E-state index is 13.3. The summed E-state index contributed by atoms with van der Waals surface area (Å²) < 4.78 is 28.6. The van der Waals surface area contributed by atoms with Crippen LogP contribution in [0.1, 0.15) is 41.4 Å². The number of esters is 4. The Hall–Kier alpha value is -5.36. The van der Waals surface area contributed by atoms with Gasteiger partial charge >= 0.3 is 23.9 Å². The molecule has 1 aliphatic heterocycles. The van der Waals surface area contributed by atoms with Gasteiger partial charge in [0.1, 0.15) is 12.7 Å². The summed E-state index contributed by atoms with van der Waals surface area (Å²) in [5, 5.41) is 9.86. The van der Waals surface area contributed by atoms with Crippen LogP contribution in [0.4, 0.5) is 0 Å². The summed E-state index contributed by atoms with van der Waals surface area (Å²) in [7, 11) is 0. The molecule has 0 aliphatic carbocycles. The summed E-state index contributed by atoms with van der Waals surface area (Å²) in [6.07, 6.45) is -7.88. The molecule has 0 amide bonds. The number of ether oxygens (including phenoxy) is 5. The molecule has 0 bridgehead atoms. The van der Waals surface area contributed by atoms with E-state index in [0.29, 0.717) is 0 Å². The minimum Gasteiger partial charge on any atom is -0.459 e. The molecule has 0 spiro atoms. The van der Waals surface area contributed by atoms with E-state index >= 15 is 0 Å². The van der Waals surface area contributed by atoms with Crippen molar-refractivity contribution in [3.8, 4) is 0 Å². The maximum Gasteiger partial charge on any atom is 0.338 e. The number of hydrogen-bond donors (Lipinski definition) is 1. The molecule has 4 aromatic rings. The molecule has 5 rings (SSSR count). The second kappa shape index (κ2) is 14.9. The smallest absolute Gasteiger partial charge is 0.338 e. The van der Waals surface area contributed by atoms with Crippen LogP contribution in [0.3, 0.4) is 0 Å². The minimum atomic E-state index is -1.75. The van der Waals surface area contributed by atoms with Gasteiger partial charge in [-0.3, -0.25) is 0 Å². The SMILES string of the molecule is O=C(OCC1OC(OO)C(OC(=O)c2ccccc2)C(OC(=O)c2ccccc2)C1OC(=O)c1ccccc1)c1ccccc1. The van der Waals surface area contributed by atoms with Gasteiger partial charge in [0.05, 0.1) is 22.3 Å². The van der Waals surface area contributed by atoms with E-state index in [1.54, 1.807) is 84.9 Å². The van der Waals surface area contributed by atoms with Crippen LogP contribution in [0.2, 0.25) is 0 Å². The Morgan fingerprint density at radius 1 is 0.511 bits per heavy atom. The topological polar surface area (TPSA) is 144 Å². The third-order valence-electron chi connectivity index (χ3n) is 6.84. The van der Waals surface area contributed by atoms with Crippen molar-refractivity contribution in [1.82, 2.24) is 0 Å². The fourth-order valence-corrected chi connectivity index (χ4v) is 4.61. The molecule has 45 heavy (non-hydrogen) atoms. The monoisotopic (exact) mass is 612 g/mol. The van der Waals surface area contributed by atoms with Crippen molar-refractivity contribution in [1.29, 1.82) is 0 Å². The number of rotatable bonds is 10. The number of benzene rings is 4. The van der Waals surface area contributed by atoms with Gasteiger partial charge in [-0.1, -0.05) is 72.8 Å². The van der Waals surface area contributed by atoms with Crippen LogP contribution in [0, 0.1) is 0 Å². The molecule has 1 N–H and O–H groups in total. The molecule has 1 fully saturated rings. The first-order chi connectivity index (χ1) is 21.9. The quantitative estimate of drug-likeness (QED) is 0.115. The summed E-state index contributed by atoms with van der Waals surface area (Å²) in [4.78, 5) is 57.1. The summed E-state index contributed by atoms with van der Waals surface area (Å²) in [6.45, 7) is -0.529. The zero-order valence-electron chi connectivity index (χ0n) is 23.7. The van der Waals surface area contributed by atoms with Crippen LogP contribution in [0.25, 0.3) is 0 Å². The van der Waals surface area contributed by atoms with Gasteiger partial charge in [0.15, 0.2) is 18.3 Å². The van der Waals surface area contributed by atoms with Crippen molar-refractivity contribution in [2.45, 2.75) is 30.7 Å². The predicted octanol–water partition coefficient (Wildman–Crippen LogP) is 4.73. The van der Waals surface area contributed by atoms with Gasteiger partial charge in [0.2, 0.25) is 6.29 Å². The molecular formula is C34H28O11. The molecule has 0 aromatic heterocycles. The van der Waals surface area contributed by atoms with Crippen LogP contribution in [-0.4, -0.2) is 66.4 Å². The summed E-state index contributed by atoms with van der Waals surface area (Å²) in [5.41, 5.74) is 0.671. The highest BCUT2D eigenvalue weighted by Crippen LogP contribution is 2.31. The van der Waals surface area contributed by atoms with Gasteiger partial charge in [-0.15, -0.1) is 0 Å². The predicted molar refractivity (Wildman–Crippen MR) is 156 cm³/mol. The van der Waals surface area contributed by atoms with Crippen molar-refractivity contribution < 1.29 is 53.0 Å². The molecule has 1 aliphatic rings. The van der Waals surface area contributed by atoms with Crippen molar-refractivity contribution in [2.24, 2.45) is 0 Å². The molecule has 5 unspecified atom stereocenters. The largest absolute Gasteiger partial charge is 0.459 e. The van der Waals surface area contributed by atoms with Gasteiger partial charge in [-0.05, 0) is 48.5 Å².